The highest BCUT2D eigenvalue weighted by atomic mass is 16.7. The van der Waals surface area contributed by atoms with E-state index in [0.717, 1.165) is 28.7 Å². The van der Waals surface area contributed by atoms with Gasteiger partial charge in [-0.1, -0.05) is 57.2 Å². The number of carbonyl (C=O) groups is 3. The van der Waals surface area contributed by atoms with Crippen molar-refractivity contribution < 1.29 is 43.2 Å². The molecule has 2 aliphatic heterocycles. The van der Waals surface area contributed by atoms with E-state index in [4.69, 9.17) is 23.7 Å². The predicted molar refractivity (Wildman–Crippen MR) is 189 cm³/mol. The number of hydrogen-bond acceptors (Lipinski definition) is 12. The van der Waals surface area contributed by atoms with Gasteiger partial charge in [0.2, 0.25) is 0 Å². The molecule has 3 aromatic rings. The van der Waals surface area contributed by atoms with Crippen LogP contribution in [0.3, 0.4) is 0 Å². The first-order valence-electron chi connectivity index (χ1n) is 17.2. The molecule has 52 heavy (non-hydrogen) atoms. The highest BCUT2D eigenvalue weighted by Gasteiger charge is 2.44. The van der Waals surface area contributed by atoms with Crippen LogP contribution in [0.15, 0.2) is 67.3 Å². The van der Waals surface area contributed by atoms with E-state index in [0.29, 0.717) is 12.4 Å². The number of benzene rings is 2. The number of aromatic nitrogens is 2. The van der Waals surface area contributed by atoms with Crippen molar-refractivity contribution >= 4 is 18.1 Å². The number of methoxy groups -OCH3 is 2. The first kappa shape index (κ1) is 38.4. The van der Waals surface area contributed by atoms with Gasteiger partial charge in [0.1, 0.15) is 24.2 Å². The van der Waals surface area contributed by atoms with Crippen LogP contribution < -0.4 is 20.8 Å². The van der Waals surface area contributed by atoms with Crippen molar-refractivity contribution in [3.05, 3.63) is 78.4 Å². The third kappa shape index (κ3) is 10.4. The Hall–Kier alpha value is -4.83. The van der Waals surface area contributed by atoms with Gasteiger partial charge in [0, 0.05) is 31.0 Å². The lowest BCUT2D eigenvalue weighted by atomic mass is 9.86. The molecule has 2 aliphatic rings. The average molecular weight is 721 g/mol. The number of aliphatic hydroxyl groups is 1. The lowest BCUT2D eigenvalue weighted by Crippen LogP contribution is -2.59. The number of nitrogens with one attached hydrogen (secondary N) is 3. The fourth-order valence-electron chi connectivity index (χ4n) is 6.22. The molecule has 0 spiro atoms. The molecule has 5 rings (SSSR count). The second-order valence-electron chi connectivity index (χ2n) is 14.0. The van der Waals surface area contributed by atoms with Crippen molar-refractivity contribution in [2.45, 2.75) is 70.7 Å². The van der Waals surface area contributed by atoms with Crippen molar-refractivity contribution in [1.82, 2.24) is 31.0 Å². The van der Waals surface area contributed by atoms with E-state index in [1.807, 2.05) is 57.2 Å². The topological polar surface area (TPSA) is 183 Å². The van der Waals surface area contributed by atoms with Crippen molar-refractivity contribution in [3.63, 3.8) is 0 Å². The molecule has 1 aromatic heterocycles. The van der Waals surface area contributed by atoms with Gasteiger partial charge >= 0.3 is 12.2 Å². The van der Waals surface area contributed by atoms with Crippen LogP contribution in [-0.2, 0) is 36.7 Å². The number of ether oxygens (including phenoxy) is 5. The van der Waals surface area contributed by atoms with E-state index in [2.05, 4.69) is 26.0 Å². The lowest BCUT2D eigenvalue weighted by Gasteiger charge is -2.34. The Morgan fingerprint density at radius 2 is 1.63 bits per heavy atom. The van der Waals surface area contributed by atoms with E-state index < -0.39 is 54.1 Å². The standard InChI is InChI=1S/C37H48N6O9/c1-37(2,3)32(41-35(46)49-5)33(45)42-43(19-24-6-10-25(11-7-24)26-17-38-22-39-18-26)20-30(44)29(16-23-8-12-27(48-4)13-9-23)40-36(47)52-31-21-51-34-28(31)14-15-50-34/h6-13,17-18,22,28-32,34,44H,14-16,19-21H2,1-5H3,(H,40,47)(H,41,46)(H,42,45). The molecular weight excluding hydrogens is 672 g/mol. The number of carbonyl (C=O) groups excluding carboxylic acids is 3. The molecule has 3 heterocycles. The molecule has 15 heteroatoms. The first-order valence-corrected chi connectivity index (χ1v) is 17.2. The third-order valence-electron chi connectivity index (χ3n) is 9.10. The largest absolute Gasteiger partial charge is 0.497 e. The monoisotopic (exact) mass is 720 g/mol. The molecule has 0 bridgehead atoms. The molecule has 0 radical (unpaired) electrons. The van der Waals surface area contributed by atoms with Crippen molar-refractivity contribution in [3.8, 4) is 16.9 Å². The first-order chi connectivity index (χ1) is 24.9. The molecule has 6 unspecified atom stereocenters. The van der Waals surface area contributed by atoms with E-state index in [-0.39, 0.29) is 32.0 Å². The number of hydrogen-bond donors (Lipinski definition) is 4. The van der Waals surface area contributed by atoms with Gasteiger partial charge in [-0.15, -0.1) is 0 Å². The average Bonchev–Trinajstić information content (AvgIpc) is 3.76. The molecule has 0 saturated carbocycles. The van der Waals surface area contributed by atoms with Gasteiger partial charge in [-0.25, -0.2) is 24.6 Å². The Bertz CT molecular complexity index is 1620. The molecule has 6 atom stereocenters. The third-order valence-corrected chi connectivity index (χ3v) is 9.10. The van der Waals surface area contributed by atoms with Crippen LogP contribution in [0, 0.1) is 11.3 Å². The Labute approximate surface area is 303 Å². The number of alkyl carbamates (subject to hydrolysis) is 2. The van der Waals surface area contributed by atoms with Gasteiger partial charge in [0.25, 0.3) is 5.91 Å². The summed E-state index contributed by atoms with van der Waals surface area (Å²) >= 11 is 0. The summed E-state index contributed by atoms with van der Waals surface area (Å²) < 4.78 is 27.1. The Morgan fingerprint density at radius 3 is 2.29 bits per heavy atom. The number of amides is 3. The summed E-state index contributed by atoms with van der Waals surface area (Å²) in [6.07, 6.45) is 2.30. The highest BCUT2D eigenvalue weighted by Crippen LogP contribution is 2.33. The number of aliphatic hydroxyl groups excluding tert-OH is 1. The summed E-state index contributed by atoms with van der Waals surface area (Å²) in [5, 5.41) is 18.9. The molecule has 4 N–H and O–H groups in total. The van der Waals surface area contributed by atoms with Gasteiger partial charge in [-0.05, 0) is 47.1 Å². The zero-order valence-corrected chi connectivity index (χ0v) is 30.1. The molecule has 2 aromatic carbocycles. The minimum atomic E-state index is -1.21. The number of nitrogens with zero attached hydrogens (tertiary/aromatic N) is 3. The molecule has 280 valence electrons. The van der Waals surface area contributed by atoms with Crippen LogP contribution in [0.2, 0.25) is 0 Å². The van der Waals surface area contributed by atoms with E-state index in [1.54, 1.807) is 36.6 Å². The maximum Gasteiger partial charge on any atom is 0.407 e. The summed E-state index contributed by atoms with van der Waals surface area (Å²) in [5.41, 5.74) is 5.59. The summed E-state index contributed by atoms with van der Waals surface area (Å²) in [6, 6.07) is 13.1. The predicted octanol–water partition coefficient (Wildman–Crippen LogP) is 3.22. The number of fused-ring (bicyclic) bond motifs is 1. The fourth-order valence-corrected chi connectivity index (χ4v) is 6.22. The van der Waals surface area contributed by atoms with Crippen LogP contribution in [0.5, 0.6) is 5.75 Å². The van der Waals surface area contributed by atoms with E-state index >= 15 is 0 Å². The fraction of sp³-hybridized carbons (Fsp3) is 0.486. The zero-order valence-electron chi connectivity index (χ0n) is 30.1. The van der Waals surface area contributed by atoms with Gasteiger partial charge in [0.15, 0.2) is 6.29 Å². The Balaban J connectivity index is 1.37. The zero-order chi connectivity index (χ0) is 37.3. The van der Waals surface area contributed by atoms with Gasteiger partial charge in [-0.3, -0.25) is 10.2 Å². The Morgan fingerprint density at radius 1 is 0.942 bits per heavy atom. The van der Waals surface area contributed by atoms with Crippen LogP contribution >= 0.6 is 0 Å². The van der Waals surface area contributed by atoms with E-state index in [9.17, 15) is 19.5 Å². The second-order valence-corrected chi connectivity index (χ2v) is 14.0. The summed E-state index contributed by atoms with van der Waals surface area (Å²) in [7, 11) is 2.80. The van der Waals surface area contributed by atoms with Crippen LogP contribution in [0.1, 0.15) is 38.3 Å². The molecular formula is C37H48N6O9. The summed E-state index contributed by atoms with van der Waals surface area (Å²) in [6.45, 7) is 6.26. The SMILES string of the molecule is COC(=O)NC(C(=O)NN(Cc1ccc(-c2cncnc2)cc1)CC(O)C(Cc1ccc(OC)cc1)NC(=O)OC1COC2OCCC12)C(C)(C)C. The minimum Gasteiger partial charge on any atom is -0.497 e. The minimum absolute atomic E-state index is 0.0587. The maximum absolute atomic E-state index is 13.8. The van der Waals surface area contributed by atoms with Crippen molar-refractivity contribution in [2.24, 2.45) is 11.3 Å². The smallest absolute Gasteiger partial charge is 0.407 e. The van der Waals surface area contributed by atoms with Crippen LogP contribution in [0.25, 0.3) is 11.1 Å². The van der Waals surface area contributed by atoms with Gasteiger partial charge in [0.05, 0.1) is 45.5 Å². The quantitative estimate of drug-likeness (QED) is 0.179. The lowest BCUT2D eigenvalue weighted by molar-refractivity contribution is -0.131. The van der Waals surface area contributed by atoms with Gasteiger partial charge < -0.3 is 39.4 Å². The highest BCUT2D eigenvalue weighted by molar-refractivity contribution is 5.86. The Kier molecular flexibility index (Phi) is 13.0. The molecule has 3 amide bonds. The van der Waals surface area contributed by atoms with Gasteiger partial charge in [-0.2, -0.15) is 0 Å². The molecule has 2 fully saturated rings. The number of rotatable bonds is 14. The van der Waals surface area contributed by atoms with Crippen LogP contribution in [0.4, 0.5) is 9.59 Å². The molecule has 15 nitrogen and oxygen atoms in total. The second kappa shape index (κ2) is 17.6. The molecule has 0 aliphatic carbocycles. The van der Waals surface area contributed by atoms with Crippen LogP contribution in [-0.4, -0.2) is 103 Å². The van der Waals surface area contributed by atoms with Crippen molar-refractivity contribution in [2.75, 3.05) is 34.0 Å². The summed E-state index contributed by atoms with van der Waals surface area (Å²) in [4.78, 5) is 47.5. The number of hydrazine groups is 1. The normalized spacial score (nSPS) is 19.9. The summed E-state index contributed by atoms with van der Waals surface area (Å²) in [5.74, 6) is 0.0878. The van der Waals surface area contributed by atoms with Crippen molar-refractivity contribution in [1.29, 1.82) is 0 Å². The maximum atomic E-state index is 13.8. The molecule has 2 saturated heterocycles. The van der Waals surface area contributed by atoms with E-state index in [1.165, 1.54) is 13.4 Å².